The molecule has 20 heavy (non-hydrogen) atoms. The van der Waals surface area contributed by atoms with Gasteiger partial charge in [-0.3, -0.25) is 9.69 Å². The quantitative estimate of drug-likeness (QED) is 0.799. The van der Waals surface area contributed by atoms with Gasteiger partial charge in [0.1, 0.15) is 11.9 Å². The lowest BCUT2D eigenvalue weighted by molar-refractivity contribution is -0.124. The normalized spacial score (nSPS) is 26.1. The summed E-state index contributed by atoms with van der Waals surface area (Å²) in [6.45, 7) is 1.94. The Kier molecular flexibility index (Phi) is 3.35. The molecular weight excluding hydrogens is 260 g/mol. The van der Waals surface area contributed by atoms with E-state index in [-0.39, 0.29) is 23.4 Å². The topological polar surface area (TPSA) is 95.4 Å². The van der Waals surface area contributed by atoms with E-state index >= 15 is 0 Å². The van der Waals surface area contributed by atoms with Crippen molar-refractivity contribution in [3.05, 3.63) is 23.8 Å². The van der Waals surface area contributed by atoms with Gasteiger partial charge in [-0.15, -0.1) is 0 Å². The molecule has 7 heteroatoms. The minimum atomic E-state index is -1.02. The molecule has 3 rings (SSSR count). The highest BCUT2D eigenvalue weighted by molar-refractivity contribution is 5.88. The summed E-state index contributed by atoms with van der Waals surface area (Å²) < 4.78 is 0. The lowest BCUT2D eigenvalue weighted by Gasteiger charge is -2.35. The summed E-state index contributed by atoms with van der Waals surface area (Å²) >= 11 is 0. The number of rotatable bonds is 3. The molecule has 0 aromatic carbocycles. The maximum Gasteiger partial charge on any atom is 0.339 e. The van der Waals surface area contributed by atoms with Crippen molar-refractivity contribution in [1.29, 1.82) is 0 Å². The number of carboxylic acid groups (broad SMARTS) is 1. The van der Waals surface area contributed by atoms with Crippen LogP contribution >= 0.6 is 0 Å². The van der Waals surface area contributed by atoms with E-state index in [1.54, 1.807) is 0 Å². The highest BCUT2D eigenvalue weighted by Crippen LogP contribution is 2.28. The van der Waals surface area contributed by atoms with Gasteiger partial charge >= 0.3 is 5.97 Å². The van der Waals surface area contributed by atoms with Crippen molar-refractivity contribution in [2.75, 3.05) is 13.1 Å². The van der Waals surface area contributed by atoms with Gasteiger partial charge in [-0.05, 0) is 19.4 Å². The molecule has 2 atom stereocenters. The number of aromatic nitrogens is 2. The molecule has 0 saturated carbocycles. The number of likely N-dealkylation sites (tertiary alicyclic amines) is 1. The molecule has 0 spiro atoms. The summed E-state index contributed by atoms with van der Waals surface area (Å²) in [6, 6.07) is 0.146. The fourth-order valence-electron chi connectivity index (χ4n) is 3.09. The summed E-state index contributed by atoms with van der Waals surface area (Å²) in [6.07, 6.45) is 4.54. The molecule has 2 fully saturated rings. The van der Waals surface area contributed by atoms with Crippen LogP contribution in [-0.4, -0.2) is 51.0 Å². The number of amides is 1. The summed E-state index contributed by atoms with van der Waals surface area (Å²) in [5, 5.41) is 12.0. The van der Waals surface area contributed by atoms with Gasteiger partial charge in [0, 0.05) is 25.3 Å². The number of aromatic carboxylic acids is 1. The number of carbonyl (C=O) groups excluding carboxylic acids is 1. The highest BCUT2D eigenvalue weighted by atomic mass is 16.4. The standard InChI is InChI=1S/C13H16N4O3/c18-12-8-2-1-3-17(11(8)5-15-12)6-10-9(13(19)20)4-14-7-16-10/h4,7-8,11H,1-3,5-6H2,(H,15,18)(H,19,20). The summed E-state index contributed by atoms with van der Waals surface area (Å²) in [5.41, 5.74) is 0.638. The number of nitrogens with one attached hydrogen (secondary N) is 1. The maximum atomic E-state index is 11.7. The van der Waals surface area contributed by atoms with Gasteiger partial charge in [0.25, 0.3) is 0 Å². The molecule has 0 bridgehead atoms. The van der Waals surface area contributed by atoms with Crippen molar-refractivity contribution < 1.29 is 14.7 Å². The van der Waals surface area contributed by atoms with Crippen LogP contribution in [-0.2, 0) is 11.3 Å². The van der Waals surface area contributed by atoms with Gasteiger partial charge < -0.3 is 10.4 Å². The van der Waals surface area contributed by atoms with Crippen molar-refractivity contribution >= 4 is 11.9 Å². The third kappa shape index (κ3) is 2.24. The monoisotopic (exact) mass is 276 g/mol. The van der Waals surface area contributed by atoms with Crippen LogP contribution in [0.15, 0.2) is 12.5 Å². The fraction of sp³-hybridized carbons (Fsp3) is 0.538. The number of carbonyl (C=O) groups is 2. The Morgan fingerprint density at radius 1 is 1.55 bits per heavy atom. The summed E-state index contributed by atoms with van der Waals surface area (Å²) in [5.74, 6) is -0.880. The Morgan fingerprint density at radius 2 is 2.40 bits per heavy atom. The number of piperidine rings is 1. The molecule has 1 aromatic heterocycles. The Bertz CT molecular complexity index is 548. The molecule has 3 heterocycles. The summed E-state index contributed by atoms with van der Waals surface area (Å²) in [4.78, 5) is 32.9. The van der Waals surface area contributed by atoms with Gasteiger partial charge in [0.05, 0.1) is 11.6 Å². The molecule has 2 unspecified atom stereocenters. The van der Waals surface area contributed by atoms with Crippen LogP contribution < -0.4 is 5.32 Å². The van der Waals surface area contributed by atoms with Crippen molar-refractivity contribution in [2.24, 2.45) is 5.92 Å². The van der Waals surface area contributed by atoms with Crippen molar-refractivity contribution in [3.8, 4) is 0 Å². The Hall–Kier alpha value is -2.02. The molecule has 7 nitrogen and oxygen atoms in total. The lowest BCUT2D eigenvalue weighted by Crippen LogP contribution is -2.45. The Labute approximate surface area is 116 Å². The highest BCUT2D eigenvalue weighted by Gasteiger charge is 2.40. The Balaban J connectivity index is 1.81. The molecule has 1 amide bonds. The van der Waals surface area contributed by atoms with Crippen LogP contribution in [0.25, 0.3) is 0 Å². The van der Waals surface area contributed by atoms with E-state index in [0.717, 1.165) is 19.4 Å². The van der Waals surface area contributed by atoms with Crippen LogP contribution in [0.5, 0.6) is 0 Å². The van der Waals surface area contributed by atoms with Gasteiger partial charge in [0.2, 0.25) is 5.91 Å². The molecule has 2 aliphatic rings. The van der Waals surface area contributed by atoms with E-state index in [9.17, 15) is 9.59 Å². The molecule has 106 valence electrons. The van der Waals surface area contributed by atoms with Gasteiger partial charge in [-0.2, -0.15) is 0 Å². The van der Waals surface area contributed by atoms with Crippen molar-refractivity contribution in [2.45, 2.75) is 25.4 Å². The smallest absolute Gasteiger partial charge is 0.339 e. The van der Waals surface area contributed by atoms with Gasteiger partial charge in [-0.1, -0.05) is 0 Å². The average Bonchev–Trinajstić information content (AvgIpc) is 2.82. The van der Waals surface area contributed by atoms with E-state index in [1.165, 1.54) is 12.5 Å². The van der Waals surface area contributed by atoms with Crippen molar-refractivity contribution in [1.82, 2.24) is 20.2 Å². The zero-order chi connectivity index (χ0) is 14.1. The van der Waals surface area contributed by atoms with E-state index in [2.05, 4.69) is 20.2 Å². The fourth-order valence-corrected chi connectivity index (χ4v) is 3.09. The molecule has 2 aliphatic heterocycles. The molecule has 0 aliphatic carbocycles. The van der Waals surface area contributed by atoms with Crippen LogP contribution in [0.3, 0.4) is 0 Å². The third-order valence-corrected chi connectivity index (χ3v) is 4.09. The molecule has 2 saturated heterocycles. The predicted molar refractivity (Wildman–Crippen MR) is 68.9 cm³/mol. The summed E-state index contributed by atoms with van der Waals surface area (Å²) in [7, 11) is 0. The minimum absolute atomic E-state index is 0.0267. The van der Waals surface area contributed by atoms with Crippen LogP contribution in [0.2, 0.25) is 0 Å². The first kappa shape index (κ1) is 13.0. The number of hydrogen-bond acceptors (Lipinski definition) is 5. The lowest BCUT2D eigenvalue weighted by atomic mass is 9.91. The van der Waals surface area contributed by atoms with Crippen molar-refractivity contribution in [3.63, 3.8) is 0 Å². The number of carboxylic acids is 1. The number of fused-ring (bicyclic) bond motifs is 1. The second kappa shape index (κ2) is 5.16. The average molecular weight is 276 g/mol. The zero-order valence-corrected chi connectivity index (χ0v) is 11.0. The van der Waals surface area contributed by atoms with Crippen LogP contribution in [0.1, 0.15) is 28.9 Å². The first-order chi connectivity index (χ1) is 9.66. The minimum Gasteiger partial charge on any atom is -0.478 e. The first-order valence-corrected chi connectivity index (χ1v) is 6.70. The molecule has 1 aromatic rings. The molecule has 0 radical (unpaired) electrons. The molecular formula is C13H16N4O3. The third-order valence-electron chi connectivity index (χ3n) is 4.09. The van der Waals surface area contributed by atoms with E-state index in [0.29, 0.717) is 18.8 Å². The van der Waals surface area contributed by atoms with Crippen LogP contribution in [0.4, 0.5) is 0 Å². The SMILES string of the molecule is O=C(O)c1cncnc1CN1CCCC2C(=O)NCC21. The Morgan fingerprint density at radius 3 is 3.20 bits per heavy atom. The second-order valence-corrected chi connectivity index (χ2v) is 5.22. The van der Waals surface area contributed by atoms with E-state index in [1.807, 2.05) is 0 Å². The largest absolute Gasteiger partial charge is 0.478 e. The van der Waals surface area contributed by atoms with Gasteiger partial charge in [0.15, 0.2) is 0 Å². The van der Waals surface area contributed by atoms with Gasteiger partial charge in [-0.25, -0.2) is 14.8 Å². The second-order valence-electron chi connectivity index (χ2n) is 5.22. The number of nitrogens with zero attached hydrogens (tertiary/aromatic N) is 3. The van der Waals surface area contributed by atoms with Crippen LogP contribution in [0, 0.1) is 5.92 Å². The maximum absolute atomic E-state index is 11.7. The predicted octanol–water partition coefficient (Wildman–Crippen LogP) is -0.115. The number of hydrogen-bond donors (Lipinski definition) is 2. The molecule has 2 N–H and O–H groups in total. The first-order valence-electron chi connectivity index (χ1n) is 6.70. The van der Waals surface area contributed by atoms with E-state index in [4.69, 9.17) is 5.11 Å². The zero-order valence-electron chi connectivity index (χ0n) is 11.0. The van der Waals surface area contributed by atoms with E-state index < -0.39 is 5.97 Å².